The zero-order valence-electron chi connectivity index (χ0n) is 12.0. The Morgan fingerprint density at radius 1 is 1.36 bits per heavy atom. The molecule has 2 rings (SSSR count). The average Bonchev–Trinajstić information content (AvgIpc) is 2.63. The van der Waals surface area contributed by atoms with E-state index in [4.69, 9.17) is 23.2 Å². The van der Waals surface area contributed by atoms with Crippen LogP contribution in [-0.4, -0.2) is 15.6 Å². The molecule has 0 atom stereocenters. The maximum Gasteiger partial charge on any atom is 0.278 e. The summed E-state index contributed by atoms with van der Waals surface area (Å²) in [5.41, 5.74) is 1.26. The van der Waals surface area contributed by atoms with Crippen molar-refractivity contribution in [2.24, 2.45) is 0 Å². The van der Waals surface area contributed by atoms with Crippen LogP contribution >= 0.6 is 23.2 Å². The molecule has 4 nitrogen and oxygen atoms in total. The second kappa shape index (κ2) is 7.34. The molecule has 7 heteroatoms. The fourth-order valence-corrected chi connectivity index (χ4v) is 2.56. The van der Waals surface area contributed by atoms with E-state index >= 15 is 0 Å². The zero-order valence-corrected chi connectivity index (χ0v) is 14.6. The van der Waals surface area contributed by atoms with Crippen molar-refractivity contribution in [3.63, 3.8) is 0 Å². The van der Waals surface area contributed by atoms with E-state index < -0.39 is 5.78 Å². The van der Waals surface area contributed by atoms with Crippen molar-refractivity contribution in [2.45, 2.75) is 20.4 Å². The van der Waals surface area contributed by atoms with Gasteiger partial charge in [-0.05, 0) is 32.0 Å². The molecule has 0 aliphatic heterocycles. The molecule has 0 bridgehead atoms. The number of allylic oxidation sites excluding steroid dienone is 1. The van der Waals surface area contributed by atoms with E-state index in [0.717, 1.165) is 5.57 Å². The molecule has 2 aromatic rings. The fourth-order valence-electron chi connectivity index (χ4n) is 2.06. The Morgan fingerprint density at radius 2 is 2.00 bits per heavy atom. The summed E-state index contributed by atoms with van der Waals surface area (Å²) < 4.78 is 1.36. The minimum atomic E-state index is -0.420. The monoisotopic (exact) mass is 380 g/mol. The topological polar surface area (TPSA) is 54.9 Å². The average molecular weight is 381 g/mol. The predicted molar refractivity (Wildman–Crippen MR) is 84.5 cm³/mol. The van der Waals surface area contributed by atoms with Crippen LogP contribution < -0.4 is 5.56 Å². The van der Waals surface area contributed by atoms with Gasteiger partial charge in [0, 0.05) is 33.3 Å². The molecular weight excluding hydrogens is 367 g/mol. The van der Waals surface area contributed by atoms with E-state index in [1.54, 1.807) is 19.9 Å². The number of aromatic nitrogens is 2. The van der Waals surface area contributed by atoms with Crippen molar-refractivity contribution >= 4 is 29.0 Å². The fraction of sp³-hybridized carbons (Fsp3) is 0.200. The van der Waals surface area contributed by atoms with Crippen molar-refractivity contribution in [1.29, 1.82) is 0 Å². The molecule has 0 saturated heterocycles. The first-order valence-electron chi connectivity index (χ1n) is 6.24. The van der Waals surface area contributed by atoms with Crippen LogP contribution in [0.2, 0.25) is 10.0 Å². The van der Waals surface area contributed by atoms with Crippen molar-refractivity contribution in [2.75, 3.05) is 0 Å². The van der Waals surface area contributed by atoms with Crippen LogP contribution in [-0.2, 0) is 23.6 Å². The van der Waals surface area contributed by atoms with Crippen LogP contribution in [0.5, 0.6) is 0 Å². The first kappa shape index (κ1) is 18.8. The molecule has 1 aromatic carbocycles. The van der Waals surface area contributed by atoms with Gasteiger partial charge in [-0.3, -0.25) is 14.7 Å². The summed E-state index contributed by atoms with van der Waals surface area (Å²) in [6.07, 6.45) is 0. The molecule has 0 aliphatic rings. The van der Waals surface area contributed by atoms with Gasteiger partial charge in [-0.15, -0.1) is 0 Å². The standard InChI is InChI=1S/C15H14Cl2N2O2.Fe/c1-8(2)7-19-15(21)13(9(3)18-19)14(20)11-5-4-10(16)6-12(11)17;/h4-6,18H,1,7H2,2-3H3;. The number of hydrogen-bond acceptors (Lipinski definition) is 2. The summed E-state index contributed by atoms with van der Waals surface area (Å²) >= 11 is 11.8. The molecule has 0 fully saturated rings. The van der Waals surface area contributed by atoms with Crippen molar-refractivity contribution in [1.82, 2.24) is 9.78 Å². The number of carbonyl (C=O) groups is 1. The number of benzene rings is 1. The van der Waals surface area contributed by atoms with E-state index in [1.165, 1.54) is 16.8 Å². The number of nitrogens with zero attached hydrogens (tertiary/aromatic N) is 1. The van der Waals surface area contributed by atoms with Gasteiger partial charge in [0.25, 0.3) is 5.56 Å². The van der Waals surface area contributed by atoms with Gasteiger partial charge in [-0.25, -0.2) is 4.68 Å². The van der Waals surface area contributed by atoms with Crippen LogP contribution in [0.4, 0.5) is 0 Å². The van der Waals surface area contributed by atoms with Crippen molar-refractivity contribution < 1.29 is 21.9 Å². The third-order valence-electron chi connectivity index (χ3n) is 2.97. The van der Waals surface area contributed by atoms with Crippen LogP contribution in [0.3, 0.4) is 0 Å². The minimum Gasteiger partial charge on any atom is -0.299 e. The summed E-state index contributed by atoms with van der Waals surface area (Å²) in [5.74, 6) is -0.420. The van der Waals surface area contributed by atoms with Gasteiger partial charge in [-0.2, -0.15) is 0 Å². The van der Waals surface area contributed by atoms with Crippen LogP contribution in [0.1, 0.15) is 28.5 Å². The Morgan fingerprint density at radius 3 is 2.55 bits per heavy atom. The molecule has 0 saturated carbocycles. The first-order chi connectivity index (χ1) is 9.81. The van der Waals surface area contributed by atoms with Gasteiger partial charge in [0.2, 0.25) is 5.78 Å². The number of carbonyl (C=O) groups excluding carboxylic acids is 1. The molecule has 1 aromatic heterocycles. The SMILES string of the molecule is C=C(C)Cn1[nH]c(C)c(C(=O)c2ccc(Cl)cc2Cl)c1=O.[Fe]. The molecule has 1 heterocycles. The first-order valence-corrected chi connectivity index (χ1v) is 7.00. The number of halogens is 2. The second-order valence-corrected chi connectivity index (χ2v) is 5.76. The molecule has 22 heavy (non-hydrogen) atoms. The molecule has 0 spiro atoms. The van der Waals surface area contributed by atoms with E-state index in [-0.39, 0.29) is 38.8 Å². The number of nitrogens with one attached hydrogen (secondary N) is 1. The van der Waals surface area contributed by atoms with Gasteiger partial charge in [0.15, 0.2) is 0 Å². The molecule has 1 N–H and O–H groups in total. The Hall–Kier alpha value is -1.26. The second-order valence-electron chi connectivity index (χ2n) is 4.91. The summed E-state index contributed by atoms with van der Waals surface area (Å²) in [7, 11) is 0. The summed E-state index contributed by atoms with van der Waals surface area (Å²) in [4.78, 5) is 24.9. The Labute approximate surface area is 148 Å². The van der Waals surface area contributed by atoms with E-state index in [9.17, 15) is 9.59 Å². The predicted octanol–water partition coefficient (Wildman–Crippen LogP) is 3.60. The Bertz CT molecular complexity index is 793. The van der Waals surface area contributed by atoms with Gasteiger partial charge in [0.05, 0.1) is 11.6 Å². The quantitative estimate of drug-likeness (QED) is 0.500. The van der Waals surface area contributed by atoms with Crippen LogP contribution in [0.25, 0.3) is 0 Å². The third-order valence-corrected chi connectivity index (χ3v) is 3.52. The van der Waals surface area contributed by atoms with Gasteiger partial charge >= 0.3 is 0 Å². The molecule has 0 aliphatic carbocycles. The van der Waals surface area contributed by atoms with E-state index in [2.05, 4.69) is 11.7 Å². The maximum absolute atomic E-state index is 12.5. The van der Waals surface area contributed by atoms with Crippen LogP contribution in [0.15, 0.2) is 35.1 Å². The normalized spacial score (nSPS) is 10.2. The van der Waals surface area contributed by atoms with Crippen LogP contribution in [0, 0.1) is 6.92 Å². The Kier molecular flexibility index (Phi) is 6.26. The minimum absolute atomic E-state index is 0. The van der Waals surface area contributed by atoms with Crippen molar-refractivity contribution in [3.05, 3.63) is 67.6 Å². The number of aromatic amines is 1. The number of aryl methyl sites for hydroxylation is 1. The van der Waals surface area contributed by atoms with E-state index in [1.807, 2.05) is 0 Å². The Balaban J connectivity index is 0.00000242. The largest absolute Gasteiger partial charge is 0.299 e. The summed E-state index contributed by atoms with van der Waals surface area (Å²) in [6, 6.07) is 4.56. The van der Waals surface area contributed by atoms with Crippen molar-refractivity contribution in [3.8, 4) is 0 Å². The number of ketones is 1. The third kappa shape index (κ3) is 3.73. The summed E-state index contributed by atoms with van der Waals surface area (Å²) in [6.45, 7) is 7.57. The molecular formula is C15H14Cl2FeN2O2. The number of hydrogen-bond donors (Lipinski definition) is 1. The van der Waals surface area contributed by atoms with Gasteiger partial charge in [-0.1, -0.05) is 35.4 Å². The number of H-pyrrole nitrogens is 1. The zero-order chi connectivity index (χ0) is 15.7. The van der Waals surface area contributed by atoms with Gasteiger partial charge < -0.3 is 0 Å². The molecule has 0 radical (unpaired) electrons. The van der Waals surface area contributed by atoms with E-state index in [0.29, 0.717) is 17.3 Å². The number of rotatable bonds is 4. The molecule has 0 unspecified atom stereocenters. The maximum atomic E-state index is 12.5. The smallest absolute Gasteiger partial charge is 0.278 e. The molecule has 118 valence electrons. The van der Waals surface area contributed by atoms with Gasteiger partial charge in [0.1, 0.15) is 5.56 Å². The summed E-state index contributed by atoms with van der Waals surface area (Å²) in [5, 5.41) is 3.53. The molecule has 0 amide bonds.